The lowest BCUT2D eigenvalue weighted by molar-refractivity contribution is 0.403. The van der Waals surface area contributed by atoms with E-state index in [2.05, 4.69) is 20.8 Å². The predicted octanol–water partition coefficient (Wildman–Crippen LogP) is -0.415. The van der Waals surface area contributed by atoms with E-state index in [-0.39, 0.29) is 17.4 Å². The summed E-state index contributed by atoms with van der Waals surface area (Å²) in [6.07, 6.45) is 1.26. The van der Waals surface area contributed by atoms with Crippen LogP contribution in [-0.2, 0) is 0 Å². The van der Waals surface area contributed by atoms with Gasteiger partial charge in [0.25, 0.3) is 0 Å². The molecule has 0 fully saturated rings. The van der Waals surface area contributed by atoms with Gasteiger partial charge >= 0.3 is 5.69 Å². The minimum atomic E-state index is -0.562. The molecule has 18 heavy (non-hydrogen) atoms. The third-order valence-corrected chi connectivity index (χ3v) is 2.18. The van der Waals surface area contributed by atoms with Crippen molar-refractivity contribution in [1.29, 1.82) is 0 Å². The molecule has 0 atom stereocenters. The maximum absolute atomic E-state index is 11.7. The molecule has 2 rings (SSSR count). The zero-order chi connectivity index (χ0) is 13.1. The van der Waals surface area contributed by atoms with Crippen LogP contribution in [0.3, 0.4) is 0 Å². The number of hydrazine groups is 1. The minimum absolute atomic E-state index is 0.141. The van der Waals surface area contributed by atoms with Gasteiger partial charge in [-0.25, -0.2) is 15.2 Å². The highest BCUT2D eigenvalue weighted by Crippen LogP contribution is 2.25. The first-order chi connectivity index (χ1) is 8.61. The van der Waals surface area contributed by atoms with Crippen LogP contribution < -0.4 is 16.5 Å². The van der Waals surface area contributed by atoms with Crippen LogP contribution in [0.15, 0.2) is 29.3 Å². The summed E-state index contributed by atoms with van der Waals surface area (Å²) in [5, 5.41) is 18.5. The molecule has 8 nitrogen and oxygen atoms in total. The highest BCUT2D eigenvalue weighted by Gasteiger charge is 2.06. The molecule has 0 aliphatic rings. The standard InChI is InChI=1S/C10H11N5O3/c1-11-14-9-12-5-15(10(18)13-9)6-2-3-7(16)8(17)4-6/h2-5,11,16-17H,1H3,(H,13,14,18). The quantitative estimate of drug-likeness (QED) is 0.432. The van der Waals surface area contributed by atoms with E-state index in [4.69, 9.17) is 0 Å². The van der Waals surface area contributed by atoms with Crippen LogP contribution in [0.25, 0.3) is 5.69 Å². The number of phenols is 2. The molecule has 0 radical (unpaired) electrons. The van der Waals surface area contributed by atoms with Crippen LogP contribution in [-0.4, -0.2) is 31.8 Å². The van der Waals surface area contributed by atoms with Crippen molar-refractivity contribution in [1.82, 2.24) is 20.0 Å². The van der Waals surface area contributed by atoms with E-state index in [0.717, 1.165) is 4.57 Å². The Morgan fingerprint density at radius 1 is 1.28 bits per heavy atom. The summed E-state index contributed by atoms with van der Waals surface area (Å²) in [4.78, 5) is 19.3. The van der Waals surface area contributed by atoms with Crippen LogP contribution in [0.1, 0.15) is 0 Å². The Bertz CT molecular complexity index is 625. The van der Waals surface area contributed by atoms with Crippen LogP contribution in [0.4, 0.5) is 5.95 Å². The number of hydrogen-bond donors (Lipinski definition) is 4. The number of benzene rings is 1. The molecule has 0 aliphatic heterocycles. The maximum atomic E-state index is 11.7. The fraction of sp³-hybridized carbons (Fsp3) is 0.100. The van der Waals surface area contributed by atoms with Crippen LogP contribution >= 0.6 is 0 Å². The smallest absolute Gasteiger partial charge is 0.356 e. The summed E-state index contributed by atoms with van der Waals surface area (Å²) in [6, 6.07) is 3.98. The van der Waals surface area contributed by atoms with Crippen molar-refractivity contribution in [2.75, 3.05) is 12.5 Å². The van der Waals surface area contributed by atoms with Gasteiger partial charge in [0.15, 0.2) is 11.5 Å². The van der Waals surface area contributed by atoms with Gasteiger partial charge in [0.1, 0.15) is 6.33 Å². The van der Waals surface area contributed by atoms with E-state index in [0.29, 0.717) is 5.69 Å². The molecule has 1 aromatic heterocycles. The van der Waals surface area contributed by atoms with Crippen molar-refractivity contribution in [3.63, 3.8) is 0 Å². The second-order valence-electron chi connectivity index (χ2n) is 3.38. The third kappa shape index (κ3) is 2.23. The molecule has 4 N–H and O–H groups in total. The zero-order valence-electron chi connectivity index (χ0n) is 9.45. The second-order valence-corrected chi connectivity index (χ2v) is 3.38. The van der Waals surface area contributed by atoms with Gasteiger partial charge in [0, 0.05) is 13.1 Å². The summed E-state index contributed by atoms with van der Waals surface area (Å²) in [7, 11) is 1.62. The van der Waals surface area contributed by atoms with Gasteiger partial charge < -0.3 is 10.2 Å². The Morgan fingerprint density at radius 2 is 2.06 bits per heavy atom. The van der Waals surface area contributed by atoms with Crippen molar-refractivity contribution in [3.05, 3.63) is 35.0 Å². The van der Waals surface area contributed by atoms with E-state index >= 15 is 0 Å². The summed E-state index contributed by atoms with van der Waals surface area (Å²) < 4.78 is 1.14. The molecule has 1 aromatic carbocycles. The average molecular weight is 249 g/mol. The monoisotopic (exact) mass is 249 g/mol. The van der Waals surface area contributed by atoms with Gasteiger partial charge in [0.2, 0.25) is 5.95 Å². The van der Waals surface area contributed by atoms with Crippen molar-refractivity contribution in [2.45, 2.75) is 0 Å². The van der Waals surface area contributed by atoms with Gasteiger partial charge in [-0.05, 0) is 12.1 Å². The Hall–Kier alpha value is -2.61. The topological polar surface area (TPSA) is 112 Å². The lowest BCUT2D eigenvalue weighted by Gasteiger charge is -2.07. The second kappa shape index (κ2) is 4.72. The van der Waals surface area contributed by atoms with Gasteiger partial charge in [0.05, 0.1) is 5.69 Å². The number of phenolic OH excluding ortho intramolecular Hbond substituents is 2. The van der Waals surface area contributed by atoms with E-state index in [1.165, 1.54) is 24.5 Å². The molecular formula is C10H11N5O3. The highest BCUT2D eigenvalue weighted by atomic mass is 16.3. The molecular weight excluding hydrogens is 238 g/mol. The van der Waals surface area contributed by atoms with Gasteiger partial charge in [-0.1, -0.05) is 0 Å². The molecule has 94 valence electrons. The van der Waals surface area contributed by atoms with Crippen LogP contribution in [0.2, 0.25) is 0 Å². The largest absolute Gasteiger partial charge is 0.504 e. The van der Waals surface area contributed by atoms with E-state index in [1.807, 2.05) is 0 Å². The average Bonchev–Trinajstić information content (AvgIpc) is 2.34. The highest BCUT2D eigenvalue weighted by molar-refractivity contribution is 5.47. The lowest BCUT2D eigenvalue weighted by Crippen LogP contribution is -2.26. The molecule has 0 amide bonds. The Kier molecular flexibility index (Phi) is 3.11. The van der Waals surface area contributed by atoms with Crippen LogP contribution in [0.5, 0.6) is 11.5 Å². The number of hydrogen-bond acceptors (Lipinski definition) is 7. The molecule has 0 bridgehead atoms. The number of nitrogens with one attached hydrogen (secondary N) is 2. The number of rotatable bonds is 3. The van der Waals surface area contributed by atoms with Crippen molar-refractivity contribution < 1.29 is 10.2 Å². The summed E-state index contributed by atoms with van der Waals surface area (Å²) in [5.41, 5.74) is 4.95. The molecule has 0 saturated carbocycles. The molecule has 8 heteroatoms. The molecule has 0 spiro atoms. The molecule has 0 aliphatic carbocycles. The Morgan fingerprint density at radius 3 is 2.67 bits per heavy atom. The van der Waals surface area contributed by atoms with E-state index in [1.54, 1.807) is 7.05 Å². The number of aromatic nitrogens is 3. The number of aromatic hydroxyl groups is 2. The fourth-order valence-electron chi connectivity index (χ4n) is 1.35. The first-order valence-electron chi connectivity index (χ1n) is 5.02. The third-order valence-electron chi connectivity index (χ3n) is 2.18. The maximum Gasteiger partial charge on any atom is 0.356 e. The van der Waals surface area contributed by atoms with E-state index in [9.17, 15) is 15.0 Å². The first-order valence-corrected chi connectivity index (χ1v) is 5.02. The molecule has 1 heterocycles. The van der Waals surface area contributed by atoms with Crippen molar-refractivity contribution in [2.24, 2.45) is 0 Å². The van der Waals surface area contributed by atoms with Gasteiger partial charge in [-0.3, -0.25) is 9.99 Å². The predicted molar refractivity (Wildman–Crippen MR) is 63.6 cm³/mol. The minimum Gasteiger partial charge on any atom is -0.504 e. The lowest BCUT2D eigenvalue weighted by atomic mass is 10.3. The molecule has 0 unspecified atom stereocenters. The fourth-order valence-corrected chi connectivity index (χ4v) is 1.35. The van der Waals surface area contributed by atoms with Crippen molar-refractivity contribution >= 4 is 5.95 Å². The van der Waals surface area contributed by atoms with Gasteiger partial charge in [-0.15, -0.1) is 0 Å². The van der Waals surface area contributed by atoms with E-state index < -0.39 is 5.69 Å². The zero-order valence-corrected chi connectivity index (χ0v) is 9.45. The molecule has 2 aromatic rings. The summed E-state index contributed by atoms with van der Waals surface area (Å²) in [5.74, 6) is -0.445. The normalized spacial score (nSPS) is 10.3. The number of nitrogens with zero attached hydrogens (tertiary/aromatic N) is 3. The molecule has 0 saturated heterocycles. The summed E-state index contributed by atoms with van der Waals surface area (Å²) in [6.45, 7) is 0. The van der Waals surface area contributed by atoms with Crippen molar-refractivity contribution in [3.8, 4) is 17.2 Å². The van der Waals surface area contributed by atoms with Gasteiger partial charge in [-0.2, -0.15) is 4.98 Å². The number of anilines is 1. The SMILES string of the molecule is CNNc1ncn(-c2ccc(O)c(O)c2)c(=O)n1. The van der Waals surface area contributed by atoms with Crippen LogP contribution in [0, 0.1) is 0 Å². The Balaban J connectivity index is 2.44. The summed E-state index contributed by atoms with van der Waals surface area (Å²) >= 11 is 0. The Labute approximate surface area is 102 Å². The first kappa shape index (κ1) is 11.9.